The van der Waals surface area contributed by atoms with Crippen LogP contribution in [0.4, 0.5) is 0 Å². The molecule has 4 heteroatoms. The summed E-state index contributed by atoms with van der Waals surface area (Å²) in [6.07, 6.45) is 0. The summed E-state index contributed by atoms with van der Waals surface area (Å²) >= 11 is 0. The molecule has 0 bridgehead atoms. The summed E-state index contributed by atoms with van der Waals surface area (Å²) in [5.41, 5.74) is 0. The largest absolute Gasteiger partial charge is 1.00 e. The van der Waals surface area contributed by atoms with Gasteiger partial charge in [-0.1, -0.05) is 0 Å². The summed E-state index contributed by atoms with van der Waals surface area (Å²) in [7, 11) is 0. The van der Waals surface area contributed by atoms with Crippen LogP contribution in [0.25, 0.3) is 0 Å². The van der Waals surface area contributed by atoms with Gasteiger partial charge in [0.1, 0.15) is 0 Å². The van der Waals surface area contributed by atoms with Crippen molar-refractivity contribution in [2.24, 2.45) is 0 Å². The van der Waals surface area contributed by atoms with Crippen molar-refractivity contribution in [1.29, 1.82) is 0 Å². The van der Waals surface area contributed by atoms with Crippen molar-refractivity contribution in [3.8, 4) is 0 Å². The molecule has 0 aromatic carbocycles. The second-order valence-corrected chi connectivity index (χ2v) is 0. The Labute approximate surface area is 61.1 Å². The zero-order valence-electron chi connectivity index (χ0n) is 3.32. The van der Waals surface area contributed by atoms with Gasteiger partial charge in [0.25, 0.3) is 0 Å². The molecule has 0 aliphatic carbocycles. The van der Waals surface area contributed by atoms with Crippen LogP contribution < -0.4 is 29.6 Å². The van der Waals surface area contributed by atoms with E-state index in [2.05, 4.69) is 0 Å². The monoisotopic (exact) mass is 114 g/mol. The van der Waals surface area contributed by atoms with E-state index in [1.807, 2.05) is 0 Å². The smallest absolute Gasteiger partial charge is 1.00 e. The summed E-state index contributed by atoms with van der Waals surface area (Å²) in [6.45, 7) is 0. The van der Waals surface area contributed by atoms with Gasteiger partial charge < -0.3 is 6.90 Å². The fourth-order valence-electron chi connectivity index (χ4n) is 0. The summed E-state index contributed by atoms with van der Waals surface area (Å²) in [5.74, 6) is 0. The van der Waals surface area contributed by atoms with Gasteiger partial charge in [0.2, 0.25) is 0 Å². The Morgan fingerprint density at radius 2 is 1.00 bits per heavy atom. The molecular formula is H5Cl2NaO. The van der Waals surface area contributed by atoms with Crippen LogP contribution >= 0.6 is 24.8 Å². The van der Waals surface area contributed by atoms with E-state index < -0.39 is 0 Å². The second kappa shape index (κ2) is 24.0. The van der Waals surface area contributed by atoms with Crippen molar-refractivity contribution in [2.45, 2.75) is 0 Å². The predicted octanol–water partition coefficient (Wildman–Crippen LogP) is -2.86. The van der Waals surface area contributed by atoms with Crippen LogP contribution in [0.1, 0.15) is 1.43 Å². The number of rotatable bonds is 0. The van der Waals surface area contributed by atoms with E-state index in [0.29, 0.717) is 0 Å². The molecule has 0 saturated carbocycles. The van der Waals surface area contributed by atoms with Crippen molar-refractivity contribution in [3.63, 3.8) is 0 Å². The van der Waals surface area contributed by atoms with Crippen LogP contribution in [0.2, 0.25) is 0 Å². The van der Waals surface area contributed by atoms with Gasteiger partial charge in [-0.05, 0) is 0 Å². The Bertz CT molecular complexity index is 9.61. The third kappa shape index (κ3) is 9.63. The van der Waals surface area contributed by atoms with Crippen LogP contribution in [-0.4, -0.2) is 5.48 Å². The molecule has 26 valence electrons. The molecule has 0 aliphatic heterocycles. The van der Waals surface area contributed by atoms with Crippen LogP contribution in [-0.2, 0) is 0 Å². The van der Waals surface area contributed by atoms with Crippen molar-refractivity contribution in [1.82, 2.24) is 0 Å². The van der Waals surface area contributed by atoms with E-state index in [0.717, 1.165) is 0 Å². The van der Waals surface area contributed by atoms with Gasteiger partial charge in [-0.15, -0.1) is 24.8 Å². The minimum atomic E-state index is 0. The summed E-state index contributed by atoms with van der Waals surface area (Å²) in [4.78, 5) is 0. The predicted molar refractivity (Wildman–Crippen MR) is 19.2 cm³/mol. The number of hydrogen-bond acceptors (Lipinski definition) is 0. The van der Waals surface area contributed by atoms with Gasteiger partial charge in [-0.25, -0.2) is 0 Å². The normalized spacial score (nSPS) is 0. The van der Waals surface area contributed by atoms with Crippen LogP contribution in [0, 0.1) is 0 Å². The molecule has 0 fully saturated rings. The van der Waals surface area contributed by atoms with E-state index in [1.165, 1.54) is 0 Å². The van der Waals surface area contributed by atoms with Crippen LogP contribution in [0.5, 0.6) is 0 Å². The third-order valence-electron chi connectivity index (χ3n) is 0. The SMILES string of the molecule is Cl.Cl.O.[H-].[Na+]. The fourth-order valence-corrected chi connectivity index (χ4v) is 0. The van der Waals surface area contributed by atoms with E-state index in [9.17, 15) is 0 Å². The average Bonchev–Trinajstić information content (AvgIpc) is 0. The topological polar surface area (TPSA) is 31.5 Å². The maximum Gasteiger partial charge on any atom is 1.00 e. The van der Waals surface area contributed by atoms with Gasteiger partial charge in [0, 0.05) is 0 Å². The Morgan fingerprint density at radius 1 is 1.00 bits per heavy atom. The van der Waals surface area contributed by atoms with E-state index in [1.54, 1.807) is 0 Å². The maximum atomic E-state index is 0. The van der Waals surface area contributed by atoms with E-state index in [4.69, 9.17) is 0 Å². The maximum absolute atomic E-state index is 0. The fraction of sp³-hybridized carbons (Fsp3) is 0. The Morgan fingerprint density at radius 3 is 1.00 bits per heavy atom. The Balaban J connectivity index is 0. The van der Waals surface area contributed by atoms with Gasteiger partial charge in [0.15, 0.2) is 0 Å². The Hall–Kier alpha value is 1.54. The third-order valence-corrected chi connectivity index (χ3v) is 0. The molecule has 0 aromatic rings. The van der Waals surface area contributed by atoms with Crippen molar-refractivity contribution in [3.05, 3.63) is 0 Å². The van der Waals surface area contributed by atoms with Gasteiger partial charge in [0.05, 0.1) is 0 Å². The zero-order valence-corrected chi connectivity index (χ0v) is 5.95. The summed E-state index contributed by atoms with van der Waals surface area (Å²) < 4.78 is 0. The van der Waals surface area contributed by atoms with Crippen LogP contribution in [0.15, 0.2) is 0 Å². The molecule has 0 unspecified atom stereocenters. The molecule has 0 saturated heterocycles. The van der Waals surface area contributed by atoms with Gasteiger partial charge in [-0.2, -0.15) is 0 Å². The summed E-state index contributed by atoms with van der Waals surface area (Å²) in [6, 6.07) is 0. The molecular weight excluding hydrogens is 110 g/mol. The molecule has 0 amide bonds. The molecule has 1 nitrogen and oxygen atoms in total. The quantitative estimate of drug-likeness (QED) is 0.304. The molecule has 0 aromatic heterocycles. The minimum absolute atomic E-state index is 0. The molecule has 0 radical (unpaired) electrons. The number of halogens is 2. The molecule has 0 atom stereocenters. The zero-order chi connectivity index (χ0) is 0. The number of hydrogen-bond donors (Lipinski definition) is 0. The standard InChI is InChI=1S/2ClH.Na.H2O.H/h2*1H;;1H2;/q;;+1;;-1. The molecule has 4 heavy (non-hydrogen) atoms. The van der Waals surface area contributed by atoms with Crippen LogP contribution in [0.3, 0.4) is 0 Å². The first kappa shape index (κ1) is 48.1. The first-order valence-electron chi connectivity index (χ1n) is 0. The van der Waals surface area contributed by atoms with Gasteiger partial charge >= 0.3 is 29.6 Å². The molecule has 0 heterocycles. The Kier molecular flexibility index (Phi) is 289. The van der Waals surface area contributed by atoms with Crippen molar-refractivity contribution in [2.75, 3.05) is 0 Å². The van der Waals surface area contributed by atoms with E-state index >= 15 is 0 Å². The molecule has 0 aliphatic rings. The second-order valence-electron chi connectivity index (χ2n) is 0. The average molecular weight is 115 g/mol. The van der Waals surface area contributed by atoms with Crippen molar-refractivity contribution < 1.29 is 36.5 Å². The molecule has 0 rings (SSSR count). The molecule has 2 N–H and O–H groups in total. The van der Waals surface area contributed by atoms with E-state index in [-0.39, 0.29) is 61.3 Å². The first-order chi connectivity index (χ1) is 0. The van der Waals surface area contributed by atoms with Gasteiger partial charge in [-0.3, -0.25) is 0 Å². The first-order valence-corrected chi connectivity index (χ1v) is 0. The van der Waals surface area contributed by atoms with Crippen molar-refractivity contribution >= 4 is 24.8 Å². The molecule has 0 spiro atoms. The summed E-state index contributed by atoms with van der Waals surface area (Å²) in [5, 5.41) is 0. The minimum Gasteiger partial charge on any atom is -1.00 e.